The maximum atomic E-state index is 6.35. The van der Waals surface area contributed by atoms with E-state index in [2.05, 4.69) is 56.7 Å². The van der Waals surface area contributed by atoms with Crippen LogP contribution >= 0.6 is 27.3 Å². The van der Waals surface area contributed by atoms with Gasteiger partial charge in [0.25, 0.3) is 0 Å². The van der Waals surface area contributed by atoms with E-state index in [4.69, 9.17) is 14.6 Å². The lowest BCUT2D eigenvalue weighted by molar-refractivity contribution is -0.0166. The Morgan fingerprint density at radius 2 is 2.04 bits per heavy atom. The van der Waals surface area contributed by atoms with Crippen molar-refractivity contribution in [3.8, 4) is 11.5 Å². The fourth-order valence-corrected chi connectivity index (χ4v) is 4.76. The van der Waals surface area contributed by atoms with E-state index < -0.39 is 0 Å². The monoisotopic (exact) mass is 440 g/mol. The summed E-state index contributed by atoms with van der Waals surface area (Å²) in [5.74, 6) is 1.79. The fraction of sp³-hybridized carbons (Fsp3) is 0.190. The Bertz CT molecular complexity index is 1000. The molecular weight excluding hydrogens is 424 g/mol. The highest BCUT2D eigenvalue weighted by Gasteiger charge is 2.41. The molecule has 2 aliphatic rings. The van der Waals surface area contributed by atoms with Gasteiger partial charge in [-0.05, 0) is 59.5 Å². The highest BCUT2D eigenvalue weighted by Crippen LogP contribution is 2.48. The number of hydrazone groups is 1. The third kappa shape index (κ3) is 2.93. The molecule has 0 spiro atoms. The zero-order valence-corrected chi connectivity index (χ0v) is 17.0. The predicted molar refractivity (Wildman–Crippen MR) is 111 cm³/mol. The Morgan fingerprint density at radius 1 is 1.19 bits per heavy atom. The van der Waals surface area contributed by atoms with Gasteiger partial charge in [0.05, 0.1) is 23.7 Å². The Kier molecular flexibility index (Phi) is 4.17. The van der Waals surface area contributed by atoms with Gasteiger partial charge in [-0.2, -0.15) is 5.10 Å². The summed E-state index contributed by atoms with van der Waals surface area (Å²) in [4.78, 5) is 1.16. The highest BCUT2D eigenvalue weighted by atomic mass is 79.9. The van der Waals surface area contributed by atoms with Crippen molar-refractivity contribution in [3.05, 3.63) is 80.5 Å². The quantitative estimate of drug-likeness (QED) is 0.518. The topological polar surface area (TPSA) is 34.1 Å². The van der Waals surface area contributed by atoms with Crippen molar-refractivity contribution < 1.29 is 9.47 Å². The minimum Gasteiger partial charge on any atom is -0.497 e. The molecule has 1 aromatic heterocycles. The normalized spacial score (nSPS) is 20.5. The van der Waals surface area contributed by atoms with Crippen LogP contribution in [0.3, 0.4) is 0 Å². The van der Waals surface area contributed by atoms with Crippen molar-refractivity contribution in [1.82, 2.24) is 5.01 Å². The molecule has 0 amide bonds. The molecule has 3 heterocycles. The zero-order chi connectivity index (χ0) is 18.4. The predicted octanol–water partition coefficient (Wildman–Crippen LogP) is 5.76. The van der Waals surface area contributed by atoms with Crippen molar-refractivity contribution in [2.45, 2.75) is 18.7 Å². The van der Waals surface area contributed by atoms with Crippen molar-refractivity contribution in [2.75, 3.05) is 7.11 Å². The molecule has 0 fully saturated rings. The van der Waals surface area contributed by atoms with Crippen LogP contribution in [0, 0.1) is 0 Å². The molecule has 0 aliphatic carbocycles. The van der Waals surface area contributed by atoms with Gasteiger partial charge < -0.3 is 9.47 Å². The first-order valence-corrected chi connectivity index (χ1v) is 10.4. The summed E-state index contributed by atoms with van der Waals surface area (Å²) in [7, 11) is 1.68. The summed E-state index contributed by atoms with van der Waals surface area (Å²) in [6, 6.07) is 18.6. The molecule has 0 unspecified atom stereocenters. The van der Waals surface area contributed by atoms with E-state index in [-0.39, 0.29) is 12.3 Å². The maximum absolute atomic E-state index is 6.35. The lowest BCUT2D eigenvalue weighted by Gasteiger charge is -2.37. The van der Waals surface area contributed by atoms with E-state index in [0.29, 0.717) is 0 Å². The minimum atomic E-state index is -0.195. The largest absolute Gasteiger partial charge is 0.497 e. The number of rotatable bonds is 3. The second-order valence-corrected chi connectivity index (χ2v) is 8.44. The standard InChI is InChI=1S/C21H17BrN2O2S/c1-25-15-7-4-13(5-8-15)17-12-18-16-11-14(22)6-9-19(16)26-21(24(18)23-17)20-3-2-10-27-20/h2-11,18,21H,12H2,1H3/t18-,21+/m1/s1. The molecule has 0 saturated carbocycles. The van der Waals surface area contributed by atoms with Gasteiger partial charge in [0.15, 0.2) is 0 Å². The Balaban J connectivity index is 1.57. The van der Waals surface area contributed by atoms with E-state index >= 15 is 0 Å². The van der Waals surface area contributed by atoms with E-state index in [1.165, 1.54) is 5.56 Å². The lowest BCUT2D eigenvalue weighted by atomic mass is 9.96. The van der Waals surface area contributed by atoms with Gasteiger partial charge in [0, 0.05) is 16.5 Å². The van der Waals surface area contributed by atoms with Crippen molar-refractivity contribution in [1.29, 1.82) is 0 Å². The molecule has 0 radical (unpaired) electrons. The first kappa shape index (κ1) is 16.8. The average molecular weight is 441 g/mol. The minimum absolute atomic E-state index is 0.162. The molecule has 4 nitrogen and oxygen atoms in total. The molecule has 3 aromatic rings. The number of methoxy groups -OCH3 is 1. The SMILES string of the molecule is COc1ccc(C2=NN3[C@H](C2)c2cc(Br)ccc2O[C@H]3c2cccs2)cc1. The van der Waals surface area contributed by atoms with Crippen LogP contribution in [0.5, 0.6) is 11.5 Å². The third-order valence-corrected chi connectivity index (χ3v) is 6.36. The molecule has 6 heteroatoms. The van der Waals surface area contributed by atoms with Gasteiger partial charge in [0.2, 0.25) is 6.23 Å². The molecule has 2 aliphatic heterocycles. The third-order valence-electron chi connectivity index (χ3n) is 4.96. The second kappa shape index (κ2) is 6.69. The zero-order valence-electron chi connectivity index (χ0n) is 14.6. The van der Waals surface area contributed by atoms with Crippen LogP contribution in [0.1, 0.15) is 34.7 Å². The first-order valence-electron chi connectivity index (χ1n) is 8.72. The number of nitrogens with zero attached hydrogens (tertiary/aromatic N) is 2. The molecular formula is C21H17BrN2O2S. The molecule has 0 bridgehead atoms. The van der Waals surface area contributed by atoms with Crippen LogP contribution in [0.15, 0.2) is 69.6 Å². The van der Waals surface area contributed by atoms with Gasteiger partial charge in [-0.3, -0.25) is 0 Å². The smallest absolute Gasteiger partial charge is 0.222 e. The summed E-state index contributed by atoms with van der Waals surface area (Å²) in [5.41, 5.74) is 3.36. The van der Waals surface area contributed by atoms with Gasteiger partial charge in [-0.15, -0.1) is 11.3 Å². The molecule has 0 N–H and O–H groups in total. The first-order chi connectivity index (χ1) is 13.2. The number of benzene rings is 2. The molecule has 5 rings (SSSR count). The van der Waals surface area contributed by atoms with Crippen LogP contribution in [-0.2, 0) is 0 Å². The van der Waals surface area contributed by atoms with Gasteiger partial charge in [0.1, 0.15) is 11.5 Å². The summed E-state index contributed by atoms with van der Waals surface area (Å²) >= 11 is 5.29. The van der Waals surface area contributed by atoms with Crippen LogP contribution in [-0.4, -0.2) is 17.8 Å². The Labute approximate surface area is 170 Å². The van der Waals surface area contributed by atoms with Crippen molar-refractivity contribution in [3.63, 3.8) is 0 Å². The van der Waals surface area contributed by atoms with Crippen molar-refractivity contribution >= 4 is 33.0 Å². The molecule has 27 heavy (non-hydrogen) atoms. The van der Waals surface area contributed by atoms with Gasteiger partial charge in [-0.1, -0.05) is 22.0 Å². The summed E-state index contributed by atoms with van der Waals surface area (Å²) in [5, 5.41) is 9.17. The number of thiophene rings is 1. The molecule has 2 atom stereocenters. The molecule has 2 aromatic carbocycles. The number of ether oxygens (including phenoxy) is 2. The Hall–Kier alpha value is -2.31. The molecule has 136 valence electrons. The Morgan fingerprint density at radius 3 is 2.78 bits per heavy atom. The summed E-state index contributed by atoms with van der Waals surface area (Å²) < 4.78 is 12.7. The summed E-state index contributed by atoms with van der Waals surface area (Å²) in [6.07, 6.45) is 0.653. The van der Waals surface area contributed by atoms with E-state index in [9.17, 15) is 0 Å². The van der Waals surface area contributed by atoms with Gasteiger partial charge in [-0.25, -0.2) is 5.01 Å². The second-order valence-electron chi connectivity index (χ2n) is 6.54. The number of fused-ring (bicyclic) bond motifs is 3. The summed E-state index contributed by atoms with van der Waals surface area (Å²) in [6.45, 7) is 0. The highest BCUT2D eigenvalue weighted by molar-refractivity contribution is 9.10. The lowest BCUT2D eigenvalue weighted by Crippen LogP contribution is -2.33. The maximum Gasteiger partial charge on any atom is 0.222 e. The number of hydrogen-bond donors (Lipinski definition) is 0. The van der Waals surface area contributed by atoms with Crippen LogP contribution in [0.25, 0.3) is 0 Å². The number of halogens is 1. The fourth-order valence-electron chi connectivity index (χ4n) is 3.64. The van der Waals surface area contributed by atoms with E-state index in [1.54, 1.807) is 18.4 Å². The van der Waals surface area contributed by atoms with Crippen molar-refractivity contribution in [2.24, 2.45) is 5.10 Å². The van der Waals surface area contributed by atoms with Gasteiger partial charge >= 0.3 is 0 Å². The van der Waals surface area contributed by atoms with E-state index in [0.717, 1.165) is 38.5 Å². The van der Waals surface area contributed by atoms with E-state index in [1.807, 2.05) is 24.3 Å². The molecule has 0 saturated heterocycles. The number of hydrogen-bond acceptors (Lipinski definition) is 5. The van der Waals surface area contributed by atoms with Crippen LogP contribution in [0.4, 0.5) is 0 Å². The average Bonchev–Trinajstić information content (AvgIpc) is 3.38. The van der Waals surface area contributed by atoms with Crippen LogP contribution in [0.2, 0.25) is 0 Å². The van der Waals surface area contributed by atoms with Crippen LogP contribution < -0.4 is 9.47 Å².